The summed E-state index contributed by atoms with van der Waals surface area (Å²) in [5.41, 5.74) is 6.15. The van der Waals surface area contributed by atoms with Gasteiger partial charge in [-0.1, -0.05) is 278 Å². The Bertz CT molecular complexity index is 4490. The highest BCUT2D eigenvalue weighted by Crippen LogP contribution is 2.48. The fourth-order valence-electron chi connectivity index (χ4n) is 22.6. The Kier molecular flexibility index (Phi) is 31.9. The maximum Gasteiger partial charge on any atom is 0.157 e. The molecule has 14 heteroatoms. The van der Waals surface area contributed by atoms with Crippen LogP contribution in [0.3, 0.4) is 0 Å². The molecule has 7 atom stereocenters. The van der Waals surface area contributed by atoms with Crippen LogP contribution in [0.25, 0.3) is 0 Å². The first-order valence-electron chi connectivity index (χ1n) is 48.5. The fourth-order valence-corrected chi connectivity index (χ4v) is 22.6. The van der Waals surface area contributed by atoms with Gasteiger partial charge in [0.2, 0.25) is 0 Å². The number of hydrogen-bond acceptors (Lipinski definition) is 14. The van der Waals surface area contributed by atoms with E-state index in [0.29, 0.717) is 54.0 Å². The SMILES string of the molecule is CC1CN(C2(c3ccccc3)CCCCC2=O)C1.CCN(CC)C1(c2ccccc2)CCCCC1=O.CNC1(c2ccccc2C)CCCCC1=O.O=C1CCCCC1(c1ccccc1)N1CCC1.O=C1CCCCC1(c1ccccc1)N1CCCC1.O=C1CCCCC1(c1ccccc1)N1CCCCC1.[2H]C([2H])([2H])NC1(c2ccccc2)CCCCC1=O. The molecule has 0 amide bonds. The van der Waals surface area contributed by atoms with Crippen molar-refractivity contribution in [2.75, 3.05) is 79.5 Å². The van der Waals surface area contributed by atoms with Crippen molar-refractivity contribution in [2.24, 2.45) is 5.92 Å². The molecule has 121 heavy (non-hydrogen) atoms. The van der Waals surface area contributed by atoms with Crippen molar-refractivity contribution in [1.29, 1.82) is 0 Å². The van der Waals surface area contributed by atoms with E-state index < -0.39 is 18.1 Å². The summed E-state index contributed by atoms with van der Waals surface area (Å²) in [6, 6.07) is 69.4. The van der Waals surface area contributed by atoms with Crippen molar-refractivity contribution >= 4 is 40.5 Å². The number of hydrogen-bond donors (Lipinski definition) is 2. The predicted octanol–water partition coefficient (Wildman–Crippen LogP) is 20.5. The van der Waals surface area contributed by atoms with Gasteiger partial charge in [-0.15, -0.1) is 0 Å². The molecule has 7 aliphatic carbocycles. The van der Waals surface area contributed by atoms with Gasteiger partial charge >= 0.3 is 0 Å². The molecule has 7 aromatic carbocycles. The fraction of sp³-hybridized carbons (Fsp3) is 0.542. The zero-order valence-electron chi connectivity index (χ0n) is 76.9. The second kappa shape index (κ2) is 44.0. The molecule has 648 valence electrons. The Morgan fingerprint density at radius 1 is 0.314 bits per heavy atom. The molecule has 0 radical (unpaired) electrons. The molecule has 18 rings (SSSR count). The average molecular weight is 1640 g/mol. The van der Waals surface area contributed by atoms with E-state index in [1.165, 1.54) is 97.6 Å². The van der Waals surface area contributed by atoms with Crippen LogP contribution < -0.4 is 10.6 Å². The number of likely N-dealkylation sites (N-methyl/N-ethyl adjacent to an activating group) is 3. The molecule has 11 fully saturated rings. The predicted molar refractivity (Wildman–Crippen MR) is 490 cm³/mol. The molecule has 0 bridgehead atoms. The third kappa shape index (κ3) is 20.0. The molecule has 0 aromatic heterocycles. The quantitative estimate of drug-likeness (QED) is 0.0941. The lowest BCUT2D eigenvalue weighted by Crippen LogP contribution is -2.61. The molecule has 4 aliphatic heterocycles. The van der Waals surface area contributed by atoms with E-state index in [1.807, 2.05) is 92.0 Å². The summed E-state index contributed by atoms with van der Waals surface area (Å²) in [6.07, 6.45) is 33.9. The average Bonchev–Trinajstić information content (AvgIpc) is 0.887. The van der Waals surface area contributed by atoms with Gasteiger partial charge in [0.05, 0.1) is 0 Å². The first kappa shape index (κ1) is 87.8. The first-order valence-corrected chi connectivity index (χ1v) is 47.0. The number of carbonyl (C=O) groups excluding carboxylic acids is 7. The van der Waals surface area contributed by atoms with Crippen LogP contribution in [0.5, 0.6) is 0 Å². The van der Waals surface area contributed by atoms with Crippen molar-refractivity contribution in [1.82, 2.24) is 35.1 Å². The van der Waals surface area contributed by atoms with E-state index in [4.69, 9.17) is 4.11 Å². The number of likely N-dealkylation sites (tertiary alicyclic amines) is 4. The summed E-state index contributed by atoms with van der Waals surface area (Å²) in [5, 5.41) is 5.86. The van der Waals surface area contributed by atoms with Crippen LogP contribution in [0.4, 0.5) is 0 Å². The van der Waals surface area contributed by atoms with Crippen LogP contribution in [0, 0.1) is 12.8 Å². The van der Waals surface area contributed by atoms with Crippen LogP contribution >= 0.6 is 0 Å². The highest BCUT2D eigenvalue weighted by molar-refractivity contribution is 5.94. The number of nitrogens with one attached hydrogen (secondary N) is 2. The molecule has 4 saturated heterocycles. The van der Waals surface area contributed by atoms with Crippen molar-refractivity contribution in [3.8, 4) is 0 Å². The van der Waals surface area contributed by atoms with Crippen LogP contribution in [-0.2, 0) is 72.3 Å². The van der Waals surface area contributed by atoms with Gasteiger partial charge in [-0.25, -0.2) is 0 Å². The lowest BCUT2D eigenvalue weighted by Gasteiger charge is -2.52. The van der Waals surface area contributed by atoms with E-state index >= 15 is 0 Å². The molecular weight excluding hydrogens is 1500 g/mol. The second-order valence-corrected chi connectivity index (χ2v) is 36.2. The number of piperidine rings is 1. The topological polar surface area (TPSA) is 160 Å². The van der Waals surface area contributed by atoms with Gasteiger partial charge in [0.1, 0.15) is 38.8 Å². The van der Waals surface area contributed by atoms with Crippen molar-refractivity contribution in [3.05, 3.63) is 251 Å². The van der Waals surface area contributed by atoms with E-state index in [0.717, 1.165) is 217 Å². The number of carbonyl (C=O) groups is 7. The summed E-state index contributed by atoms with van der Waals surface area (Å²) in [5.74, 6) is 3.24. The van der Waals surface area contributed by atoms with Gasteiger partial charge in [0.25, 0.3) is 0 Å². The Morgan fingerprint density at radius 3 is 0.926 bits per heavy atom. The third-order valence-corrected chi connectivity index (χ3v) is 29.2. The number of Topliss-reactive ketones (excluding diaryl/α,β-unsaturated/α-hetero) is 7. The molecule has 7 saturated carbocycles. The van der Waals surface area contributed by atoms with Crippen LogP contribution in [-0.4, -0.2) is 144 Å². The zero-order valence-corrected chi connectivity index (χ0v) is 73.9. The summed E-state index contributed by atoms with van der Waals surface area (Å²) in [7, 11) is 1.90. The Hall–Kier alpha value is -8.05. The minimum atomic E-state index is -2.32. The Labute approximate surface area is 730 Å². The molecule has 7 aromatic rings. The van der Waals surface area contributed by atoms with E-state index in [1.54, 1.807) is 0 Å². The highest BCUT2D eigenvalue weighted by Gasteiger charge is 2.53. The van der Waals surface area contributed by atoms with Gasteiger partial charge < -0.3 is 10.6 Å². The van der Waals surface area contributed by atoms with Gasteiger partial charge in [0.15, 0.2) is 40.5 Å². The van der Waals surface area contributed by atoms with Crippen LogP contribution in [0.2, 0.25) is 0 Å². The Morgan fingerprint density at radius 2 is 0.612 bits per heavy atom. The lowest BCUT2D eigenvalue weighted by molar-refractivity contribution is -0.141. The number of aryl methyl sites for hydroxylation is 1. The van der Waals surface area contributed by atoms with Crippen LogP contribution in [0.15, 0.2) is 206 Å². The second-order valence-electron chi connectivity index (χ2n) is 36.2. The minimum absolute atomic E-state index is 0.0175. The van der Waals surface area contributed by atoms with E-state index in [2.05, 4.69) is 184 Å². The summed E-state index contributed by atoms with van der Waals surface area (Å²) >= 11 is 0. The largest absolute Gasteiger partial charge is 0.304 e. The number of rotatable bonds is 16. The lowest BCUT2D eigenvalue weighted by atomic mass is 9.72. The first-order chi connectivity index (χ1) is 60.1. The molecular formula is C107H143N7O7. The minimum Gasteiger partial charge on any atom is -0.304 e. The summed E-state index contributed by atoms with van der Waals surface area (Å²) in [4.78, 5) is 99.8. The molecule has 11 aliphatic rings. The van der Waals surface area contributed by atoms with Gasteiger partial charge in [0, 0.05) is 75.2 Å². The van der Waals surface area contributed by atoms with E-state index in [9.17, 15) is 33.6 Å². The van der Waals surface area contributed by atoms with Crippen molar-refractivity contribution < 1.29 is 37.7 Å². The maximum absolute atomic E-state index is 12.8. The molecule has 14 nitrogen and oxygen atoms in total. The number of ketones is 7. The van der Waals surface area contributed by atoms with E-state index in [-0.39, 0.29) is 33.5 Å². The zero-order chi connectivity index (χ0) is 87.7. The summed E-state index contributed by atoms with van der Waals surface area (Å²) in [6.45, 7) is 16.8. The maximum atomic E-state index is 12.8. The molecule has 4 heterocycles. The Balaban J connectivity index is 0.000000132. The van der Waals surface area contributed by atoms with Gasteiger partial charge in [-0.2, -0.15) is 0 Å². The molecule has 7 unspecified atom stereocenters. The smallest absolute Gasteiger partial charge is 0.157 e. The normalized spacial score (nSPS) is 28.5. The van der Waals surface area contributed by atoms with Crippen molar-refractivity contribution in [2.45, 2.75) is 285 Å². The standard InChI is InChI=1S/C17H23NO.2C16H21NO.C16H23NO.C15H19NO.C14H19NO.C13H17NO/c19-16-11-5-6-12-17(16,15-9-3-1-4-10-15)18-13-7-2-8-14-18;1-13-11-17(12-13)16(10-6-5-9-15(16)18)14-7-3-2-4-8-14;18-15-10-4-5-11-16(15,17-12-6-7-13-17)14-8-2-1-3-9-14;1-3-17(4-2)16(13-9-8-12-15(16)18)14-10-6-5-7-11-14;17-14-9-4-5-10-15(14,16-11-6-12-16)13-7-2-1-3-8-13;1-11-7-3-4-8-12(11)14(15-2)10-6-5-9-13(14)16;1-14-13(10-6-5-9-12(13)15)11-7-3-2-4-8-11/h1,3-4,9-10H,2,5-8,11-14H2;2-4,7-8,13H,5-6,9-12H2,1H3;1-3,8-9H,4-7,10-13H2;5-7,10-11H,3-4,8-9,12-13H2,1-2H3;1-3,7-8H,4-6,9-12H2;3-4,7-8,15H,5-6,9-10H2,1-2H3;2-4,7-8,14H,5-6,9-10H2,1H3/i;;;;;;1D3. The third-order valence-electron chi connectivity index (χ3n) is 29.2. The van der Waals surface area contributed by atoms with Crippen molar-refractivity contribution in [3.63, 3.8) is 0 Å². The molecule has 2 N–H and O–H groups in total. The monoisotopic (exact) mass is 1640 g/mol. The van der Waals surface area contributed by atoms with Gasteiger partial charge in [-0.3, -0.25) is 58.1 Å². The van der Waals surface area contributed by atoms with Gasteiger partial charge in [-0.05, 0) is 233 Å². The molecule has 0 spiro atoms. The summed E-state index contributed by atoms with van der Waals surface area (Å²) < 4.78 is 22.2. The number of benzene rings is 7. The van der Waals surface area contributed by atoms with Crippen LogP contribution in [0.1, 0.15) is 288 Å². The number of nitrogens with zero attached hydrogens (tertiary/aromatic N) is 5. The highest BCUT2D eigenvalue weighted by atomic mass is 16.2.